The van der Waals surface area contributed by atoms with Gasteiger partial charge in [-0.05, 0) is 43.9 Å². The third-order valence-electron chi connectivity index (χ3n) is 5.20. The second kappa shape index (κ2) is 7.03. The summed E-state index contributed by atoms with van der Waals surface area (Å²) in [6, 6.07) is 8.51. The molecule has 3 heterocycles. The molecule has 1 fully saturated rings. The molecule has 0 N–H and O–H groups in total. The van der Waals surface area contributed by atoms with Crippen molar-refractivity contribution >= 4 is 0 Å². The molecule has 4 rings (SSSR count). The van der Waals surface area contributed by atoms with Gasteiger partial charge in [0.15, 0.2) is 0 Å². The van der Waals surface area contributed by atoms with Gasteiger partial charge in [-0.1, -0.05) is 12.5 Å². The molecule has 24 heavy (non-hydrogen) atoms. The zero-order chi connectivity index (χ0) is 16.4. The summed E-state index contributed by atoms with van der Waals surface area (Å²) in [5.41, 5.74) is 3.34. The molecule has 0 radical (unpaired) electrons. The summed E-state index contributed by atoms with van der Waals surface area (Å²) in [6.07, 6.45) is 6.12. The minimum absolute atomic E-state index is 0.300. The van der Waals surface area contributed by atoms with Crippen molar-refractivity contribution in [3.05, 3.63) is 47.5 Å². The van der Waals surface area contributed by atoms with E-state index in [4.69, 9.17) is 4.74 Å². The molecule has 2 aromatic heterocycles. The van der Waals surface area contributed by atoms with Crippen molar-refractivity contribution in [2.24, 2.45) is 5.92 Å². The third-order valence-corrected chi connectivity index (χ3v) is 5.20. The number of aromatic nitrogens is 3. The maximum Gasteiger partial charge on any atom is 0.0889 e. The second-order valence-electron chi connectivity index (χ2n) is 7.20. The number of hydrogen-bond donors (Lipinski definition) is 0. The van der Waals surface area contributed by atoms with E-state index < -0.39 is 0 Å². The van der Waals surface area contributed by atoms with Crippen molar-refractivity contribution in [2.75, 3.05) is 19.7 Å². The van der Waals surface area contributed by atoms with Crippen molar-refractivity contribution in [1.29, 1.82) is 0 Å². The summed E-state index contributed by atoms with van der Waals surface area (Å²) in [4.78, 5) is 7.09. The van der Waals surface area contributed by atoms with Crippen LogP contribution in [0.3, 0.4) is 0 Å². The Labute approximate surface area is 143 Å². The van der Waals surface area contributed by atoms with Crippen LogP contribution in [0.5, 0.6) is 0 Å². The molecule has 1 aliphatic heterocycles. The average Bonchev–Trinajstić information content (AvgIpc) is 3.00. The van der Waals surface area contributed by atoms with Crippen LogP contribution >= 0.6 is 0 Å². The van der Waals surface area contributed by atoms with Crippen LogP contribution < -0.4 is 0 Å². The van der Waals surface area contributed by atoms with Crippen molar-refractivity contribution in [3.8, 4) is 0 Å². The van der Waals surface area contributed by atoms with E-state index in [9.17, 15) is 0 Å². The maximum atomic E-state index is 5.98. The van der Waals surface area contributed by atoms with E-state index in [1.54, 1.807) is 0 Å². The molecular formula is C19H26N4O. The predicted octanol–water partition coefficient (Wildman–Crippen LogP) is 2.96. The highest BCUT2D eigenvalue weighted by atomic mass is 16.5. The van der Waals surface area contributed by atoms with Crippen LogP contribution in [0.15, 0.2) is 30.5 Å². The van der Waals surface area contributed by atoms with E-state index in [0.29, 0.717) is 19.3 Å². The number of hydrogen-bond acceptors (Lipinski definition) is 4. The van der Waals surface area contributed by atoms with Crippen LogP contribution in [-0.2, 0) is 17.9 Å². The third kappa shape index (κ3) is 3.52. The number of aryl methyl sites for hydroxylation is 1. The van der Waals surface area contributed by atoms with Crippen molar-refractivity contribution < 1.29 is 4.74 Å². The first kappa shape index (κ1) is 15.8. The number of fused-ring (bicyclic) bond motifs is 1. The smallest absolute Gasteiger partial charge is 0.0889 e. The first-order valence-electron chi connectivity index (χ1n) is 9.03. The quantitative estimate of drug-likeness (QED) is 0.818. The van der Waals surface area contributed by atoms with Crippen LogP contribution in [0.25, 0.3) is 0 Å². The minimum atomic E-state index is 0.300. The summed E-state index contributed by atoms with van der Waals surface area (Å²) in [5.74, 6) is 0.900. The molecule has 0 bridgehead atoms. The number of ether oxygens (including phenoxy) is 1. The van der Waals surface area contributed by atoms with Crippen LogP contribution in [0.4, 0.5) is 0 Å². The zero-order valence-electron chi connectivity index (χ0n) is 14.4. The number of nitrogens with zero attached hydrogens (tertiary/aromatic N) is 4. The lowest BCUT2D eigenvalue weighted by atomic mass is 9.85. The Bertz CT molecular complexity index is 680. The molecule has 1 saturated carbocycles. The van der Waals surface area contributed by atoms with Crippen molar-refractivity contribution in [1.82, 2.24) is 19.7 Å². The van der Waals surface area contributed by atoms with Gasteiger partial charge in [0, 0.05) is 31.5 Å². The molecule has 2 aromatic rings. The van der Waals surface area contributed by atoms with Gasteiger partial charge >= 0.3 is 0 Å². The highest BCUT2D eigenvalue weighted by molar-refractivity contribution is 5.09. The van der Waals surface area contributed by atoms with E-state index in [2.05, 4.69) is 25.7 Å². The lowest BCUT2D eigenvalue weighted by Gasteiger charge is -2.38. The van der Waals surface area contributed by atoms with E-state index in [1.807, 2.05) is 31.3 Å². The Morgan fingerprint density at radius 3 is 2.96 bits per heavy atom. The number of pyridine rings is 1. The van der Waals surface area contributed by atoms with Gasteiger partial charge < -0.3 is 4.74 Å². The van der Waals surface area contributed by atoms with Gasteiger partial charge in [-0.3, -0.25) is 14.6 Å². The molecule has 2 aliphatic rings. The Kier molecular flexibility index (Phi) is 4.63. The Morgan fingerprint density at radius 2 is 2.17 bits per heavy atom. The van der Waals surface area contributed by atoms with Gasteiger partial charge in [0.25, 0.3) is 0 Å². The largest absolute Gasteiger partial charge is 0.373 e. The SMILES string of the molecule is Cc1cccc(COC[C@@H]2CN(CC3CCC3)Cc3ccnn32)n1. The van der Waals surface area contributed by atoms with Gasteiger partial charge in [0.05, 0.1) is 30.6 Å². The molecule has 0 aromatic carbocycles. The summed E-state index contributed by atoms with van der Waals surface area (Å²) in [5, 5.41) is 4.52. The Balaban J connectivity index is 1.36. The summed E-state index contributed by atoms with van der Waals surface area (Å²) in [7, 11) is 0. The molecule has 1 atom stereocenters. The van der Waals surface area contributed by atoms with E-state index in [0.717, 1.165) is 30.4 Å². The highest BCUT2D eigenvalue weighted by Gasteiger charge is 2.28. The highest BCUT2D eigenvalue weighted by Crippen LogP contribution is 2.29. The van der Waals surface area contributed by atoms with Crippen LogP contribution in [0.1, 0.15) is 42.4 Å². The monoisotopic (exact) mass is 326 g/mol. The standard InChI is InChI=1S/C19H26N4O/c1-15-4-2-7-17(21-15)13-24-14-19-12-22(10-16-5-3-6-16)11-18-8-9-20-23(18)19/h2,4,7-9,16,19H,3,5-6,10-14H2,1H3/t19-/m0/s1. The van der Waals surface area contributed by atoms with Crippen molar-refractivity contribution in [2.45, 2.75) is 45.4 Å². The topological polar surface area (TPSA) is 43.2 Å². The summed E-state index contributed by atoms with van der Waals surface area (Å²) < 4.78 is 8.14. The minimum Gasteiger partial charge on any atom is -0.373 e. The lowest BCUT2D eigenvalue weighted by molar-refractivity contribution is 0.0451. The maximum absolute atomic E-state index is 5.98. The molecule has 128 valence electrons. The van der Waals surface area contributed by atoms with Gasteiger partial charge in [0.2, 0.25) is 0 Å². The molecular weight excluding hydrogens is 300 g/mol. The molecule has 5 heteroatoms. The van der Waals surface area contributed by atoms with E-state index in [1.165, 1.54) is 31.5 Å². The fourth-order valence-corrected chi connectivity index (χ4v) is 3.75. The zero-order valence-corrected chi connectivity index (χ0v) is 14.4. The van der Waals surface area contributed by atoms with E-state index >= 15 is 0 Å². The fourth-order valence-electron chi connectivity index (χ4n) is 3.75. The Hall–Kier alpha value is -1.72. The van der Waals surface area contributed by atoms with Crippen molar-refractivity contribution in [3.63, 3.8) is 0 Å². The molecule has 0 saturated heterocycles. The van der Waals surface area contributed by atoms with Crippen LogP contribution in [0.2, 0.25) is 0 Å². The predicted molar refractivity (Wildman–Crippen MR) is 92.5 cm³/mol. The lowest BCUT2D eigenvalue weighted by Crippen LogP contribution is -2.42. The molecule has 0 spiro atoms. The molecule has 0 amide bonds. The molecule has 5 nitrogen and oxygen atoms in total. The normalized spacial score (nSPS) is 21.5. The summed E-state index contributed by atoms with van der Waals surface area (Å²) >= 11 is 0. The van der Waals surface area contributed by atoms with Gasteiger partial charge in [-0.25, -0.2) is 0 Å². The van der Waals surface area contributed by atoms with Crippen LogP contribution in [0, 0.1) is 12.8 Å². The average molecular weight is 326 g/mol. The Morgan fingerprint density at radius 1 is 1.25 bits per heavy atom. The summed E-state index contributed by atoms with van der Waals surface area (Å²) in [6.45, 7) is 6.54. The fraction of sp³-hybridized carbons (Fsp3) is 0.579. The van der Waals surface area contributed by atoms with Gasteiger partial charge in [-0.2, -0.15) is 5.10 Å². The van der Waals surface area contributed by atoms with Gasteiger partial charge in [0.1, 0.15) is 0 Å². The van der Waals surface area contributed by atoms with Gasteiger partial charge in [-0.15, -0.1) is 0 Å². The second-order valence-corrected chi connectivity index (χ2v) is 7.20. The molecule has 0 unspecified atom stereocenters. The molecule has 1 aliphatic carbocycles. The van der Waals surface area contributed by atoms with E-state index in [-0.39, 0.29) is 0 Å². The number of rotatable bonds is 6. The van der Waals surface area contributed by atoms with Crippen LogP contribution in [-0.4, -0.2) is 39.4 Å². The first-order chi connectivity index (χ1) is 11.8. The first-order valence-corrected chi connectivity index (χ1v) is 9.03.